The number of thioether (sulfide) groups is 1. The Bertz CT molecular complexity index is 1040. The van der Waals surface area contributed by atoms with Gasteiger partial charge in [0.25, 0.3) is 5.91 Å². The van der Waals surface area contributed by atoms with Gasteiger partial charge in [0.2, 0.25) is 5.91 Å². The van der Waals surface area contributed by atoms with Crippen molar-refractivity contribution >= 4 is 46.6 Å². The van der Waals surface area contributed by atoms with Crippen LogP contribution in [0, 0.1) is 6.92 Å². The van der Waals surface area contributed by atoms with Gasteiger partial charge in [0.05, 0.1) is 5.25 Å². The van der Waals surface area contributed by atoms with E-state index < -0.39 is 0 Å². The molecule has 3 aromatic rings. The third-order valence-corrected chi connectivity index (χ3v) is 5.48. The Balaban J connectivity index is 1.63. The molecule has 1 unspecified atom stereocenters. The van der Waals surface area contributed by atoms with E-state index in [4.69, 9.17) is 11.6 Å². The molecule has 3 rings (SSSR count). The summed E-state index contributed by atoms with van der Waals surface area (Å²) in [5.41, 5.74) is 3.02. The van der Waals surface area contributed by atoms with Crippen molar-refractivity contribution in [3.63, 3.8) is 0 Å². The number of hydrogen-bond donors (Lipinski definition) is 2. The van der Waals surface area contributed by atoms with Crippen LogP contribution in [0.25, 0.3) is 0 Å². The largest absolute Gasteiger partial charge is 0.325 e. The summed E-state index contributed by atoms with van der Waals surface area (Å²) >= 11 is 7.38. The van der Waals surface area contributed by atoms with Gasteiger partial charge in [-0.3, -0.25) is 9.59 Å². The van der Waals surface area contributed by atoms with Crippen molar-refractivity contribution in [2.45, 2.75) is 24.0 Å². The van der Waals surface area contributed by atoms with Crippen molar-refractivity contribution in [3.8, 4) is 0 Å². The van der Waals surface area contributed by atoms with Gasteiger partial charge < -0.3 is 10.6 Å². The van der Waals surface area contributed by atoms with Crippen LogP contribution in [-0.2, 0) is 4.79 Å². The smallest absolute Gasteiger partial charge is 0.255 e. The number of aryl methyl sites for hydroxylation is 1. The Morgan fingerprint density at radius 1 is 0.897 bits per heavy atom. The summed E-state index contributed by atoms with van der Waals surface area (Å²) in [6.45, 7) is 3.84. The second-order valence-electron chi connectivity index (χ2n) is 6.61. The van der Waals surface area contributed by atoms with Crippen molar-refractivity contribution in [3.05, 3.63) is 88.9 Å². The van der Waals surface area contributed by atoms with Crippen LogP contribution < -0.4 is 10.6 Å². The van der Waals surface area contributed by atoms with Gasteiger partial charge in [-0.15, -0.1) is 11.8 Å². The lowest BCUT2D eigenvalue weighted by Crippen LogP contribution is -2.22. The van der Waals surface area contributed by atoms with Gasteiger partial charge in [-0.2, -0.15) is 0 Å². The first-order valence-electron chi connectivity index (χ1n) is 9.12. The third-order valence-electron chi connectivity index (χ3n) is 4.15. The molecule has 4 nitrogen and oxygen atoms in total. The standard InChI is InChI=1S/C23H21ClN2O2S/c1-15-6-3-9-19(12-15)25-22(27)16(2)29-21-11-5-10-20(14-21)26-23(28)17-7-4-8-18(24)13-17/h3-14,16H,1-2H3,(H,25,27)(H,26,28). The van der Waals surface area contributed by atoms with Crippen molar-refractivity contribution in [1.82, 2.24) is 0 Å². The molecule has 0 aliphatic rings. The number of hydrogen-bond acceptors (Lipinski definition) is 3. The summed E-state index contributed by atoms with van der Waals surface area (Å²) in [5, 5.41) is 6.01. The van der Waals surface area contributed by atoms with E-state index in [0.29, 0.717) is 16.3 Å². The number of carbonyl (C=O) groups is 2. The molecule has 0 aromatic heterocycles. The second kappa shape index (κ2) is 9.63. The molecule has 2 N–H and O–H groups in total. The molecule has 0 saturated carbocycles. The Hall–Kier alpha value is -2.76. The van der Waals surface area contributed by atoms with Gasteiger partial charge >= 0.3 is 0 Å². The predicted molar refractivity (Wildman–Crippen MR) is 121 cm³/mol. The van der Waals surface area contributed by atoms with Crippen LogP contribution in [0.1, 0.15) is 22.8 Å². The van der Waals surface area contributed by atoms with E-state index in [1.807, 2.05) is 62.4 Å². The van der Waals surface area contributed by atoms with Crippen molar-refractivity contribution in [2.24, 2.45) is 0 Å². The first-order chi connectivity index (χ1) is 13.9. The molecule has 0 saturated heterocycles. The average molecular weight is 425 g/mol. The fourth-order valence-corrected chi connectivity index (χ4v) is 3.82. The zero-order valence-electron chi connectivity index (χ0n) is 16.1. The van der Waals surface area contributed by atoms with Gasteiger partial charge in [-0.1, -0.05) is 35.9 Å². The van der Waals surface area contributed by atoms with E-state index in [-0.39, 0.29) is 17.1 Å². The Morgan fingerprint density at radius 3 is 2.31 bits per heavy atom. The minimum absolute atomic E-state index is 0.0750. The van der Waals surface area contributed by atoms with Gasteiger partial charge in [0.15, 0.2) is 0 Å². The number of carbonyl (C=O) groups excluding carboxylic acids is 2. The monoisotopic (exact) mass is 424 g/mol. The highest BCUT2D eigenvalue weighted by atomic mass is 35.5. The summed E-state index contributed by atoms with van der Waals surface area (Å²) in [4.78, 5) is 25.8. The molecule has 29 heavy (non-hydrogen) atoms. The third kappa shape index (κ3) is 6.11. The fourth-order valence-electron chi connectivity index (χ4n) is 2.70. The van der Waals surface area contributed by atoms with E-state index >= 15 is 0 Å². The van der Waals surface area contributed by atoms with Crippen LogP contribution in [-0.4, -0.2) is 17.1 Å². The minimum Gasteiger partial charge on any atom is -0.325 e. The summed E-state index contributed by atoms with van der Waals surface area (Å²) in [7, 11) is 0. The van der Waals surface area contributed by atoms with Gasteiger partial charge in [0.1, 0.15) is 0 Å². The molecule has 0 fully saturated rings. The summed E-state index contributed by atoms with van der Waals surface area (Å²) in [5.74, 6) is -0.311. The zero-order chi connectivity index (χ0) is 20.8. The normalized spacial score (nSPS) is 11.6. The lowest BCUT2D eigenvalue weighted by molar-refractivity contribution is -0.115. The summed E-state index contributed by atoms with van der Waals surface area (Å²) in [6.07, 6.45) is 0. The lowest BCUT2D eigenvalue weighted by atomic mass is 10.2. The van der Waals surface area contributed by atoms with Crippen LogP contribution in [0.2, 0.25) is 5.02 Å². The van der Waals surface area contributed by atoms with E-state index in [9.17, 15) is 9.59 Å². The molecule has 2 amide bonds. The SMILES string of the molecule is Cc1cccc(NC(=O)C(C)Sc2cccc(NC(=O)c3cccc(Cl)c3)c2)c1. The number of anilines is 2. The molecule has 0 radical (unpaired) electrons. The van der Waals surface area contributed by atoms with Crippen LogP contribution in [0.15, 0.2) is 77.7 Å². The van der Waals surface area contributed by atoms with Crippen LogP contribution in [0.5, 0.6) is 0 Å². The maximum absolute atomic E-state index is 12.5. The van der Waals surface area contributed by atoms with Gasteiger partial charge in [-0.25, -0.2) is 0 Å². The first kappa shape index (κ1) is 21.0. The van der Waals surface area contributed by atoms with Crippen LogP contribution in [0.4, 0.5) is 11.4 Å². The van der Waals surface area contributed by atoms with Crippen molar-refractivity contribution in [1.29, 1.82) is 0 Å². The average Bonchev–Trinajstić information content (AvgIpc) is 2.68. The molecule has 0 bridgehead atoms. The highest BCUT2D eigenvalue weighted by Crippen LogP contribution is 2.27. The quantitative estimate of drug-likeness (QED) is 0.475. The Labute approximate surface area is 179 Å². The topological polar surface area (TPSA) is 58.2 Å². The molecule has 0 spiro atoms. The van der Waals surface area contributed by atoms with Gasteiger partial charge in [-0.05, 0) is 67.9 Å². The predicted octanol–water partition coefficient (Wildman–Crippen LogP) is 6.02. The van der Waals surface area contributed by atoms with E-state index in [0.717, 1.165) is 16.1 Å². The second-order valence-corrected chi connectivity index (χ2v) is 8.46. The van der Waals surface area contributed by atoms with E-state index in [1.165, 1.54) is 11.8 Å². The Kier molecular flexibility index (Phi) is 6.96. The molecular weight excluding hydrogens is 404 g/mol. The van der Waals surface area contributed by atoms with Crippen LogP contribution in [0.3, 0.4) is 0 Å². The summed E-state index contributed by atoms with van der Waals surface area (Å²) in [6, 6.07) is 21.9. The molecule has 0 aliphatic heterocycles. The van der Waals surface area contributed by atoms with Crippen molar-refractivity contribution in [2.75, 3.05) is 10.6 Å². The van der Waals surface area contributed by atoms with Gasteiger partial charge in [0, 0.05) is 26.9 Å². The molecule has 0 aliphatic carbocycles. The maximum atomic E-state index is 12.5. The highest BCUT2D eigenvalue weighted by Gasteiger charge is 2.15. The van der Waals surface area contributed by atoms with E-state index in [1.54, 1.807) is 24.3 Å². The maximum Gasteiger partial charge on any atom is 0.255 e. The molecule has 0 heterocycles. The number of halogens is 1. The number of nitrogens with one attached hydrogen (secondary N) is 2. The fraction of sp³-hybridized carbons (Fsp3) is 0.130. The lowest BCUT2D eigenvalue weighted by Gasteiger charge is -2.13. The minimum atomic E-state index is -0.297. The molecule has 3 aromatic carbocycles. The molecule has 148 valence electrons. The number of amides is 2. The molecular formula is C23H21ClN2O2S. The zero-order valence-corrected chi connectivity index (χ0v) is 17.7. The number of rotatable bonds is 6. The first-order valence-corrected chi connectivity index (χ1v) is 10.4. The molecule has 6 heteroatoms. The molecule has 1 atom stereocenters. The summed E-state index contributed by atoms with van der Waals surface area (Å²) < 4.78 is 0. The number of benzene rings is 3. The highest BCUT2D eigenvalue weighted by molar-refractivity contribution is 8.00. The Morgan fingerprint density at radius 2 is 1.59 bits per heavy atom. The van der Waals surface area contributed by atoms with E-state index in [2.05, 4.69) is 10.6 Å². The van der Waals surface area contributed by atoms with Crippen molar-refractivity contribution < 1.29 is 9.59 Å². The van der Waals surface area contributed by atoms with Crippen LogP contribution >= 0.6 is 23.4 Å².